The third kappa shape index (κ3) is 8.09. The van der Waals surface area contributed by atoms with E-state index in [0.717, 1.165) is 12.6 Å². The summed E-state index contributed by atoms with van der Waals surface area (Å²) < 4.78 is 44.4. The Morgan fingerprint density at radius 3 is 2.74 bits per heavy atom. The van der Waals surface area contributed by atoms with Gasteiger partial charge in [-0.25, -0.2) is 18.7 Å². The Morgan fingerprint density at radius 1 is 1.10 bits per heavy atom. The van der Waals surface area contributed by atoms with Crippen LogP contribution in [0.1, 0.15) is 12.6 Å². The highest BCUT2D eigenvalue weighted by Gasteiger charge is 2.17. The molecule has 4 N–H and O–H groups in total. The van der Waals surface area contributed by atoms with Crippen molar-refractivity contribution in [3.05, 3.63) is 60.1 Å². The molecule has 2 heterocycles. The van der Waals surface area contributed by atoms with E-state index in [1.807, 2.05) is 6.92 Å². The molecule has 0 radical (unpaired) electrons. The number of nitrogens with zero attached hydrogens (tertiary/aromatic N) is 4. The zero-order chi connectivity index (χ0) is 29.9. The first-order chi connectivity index (χ1) is 20.4. The molecule has 12 nitrogen and oxygen atoms in total. The number of ether oxygens (including phenoxy) is 3. The highest BCUT2D eigenvalue weighted by Crippen LogP contribution is 2.35. The number of rotatable bonds is 16. The number of benzene rings is 2. The number of carbonyl (C=O) groups excluding carboxylic acids is 1. The van der Waals surface area contributed by atoms with E-state index in [1.165, 1.54) is 18.5 Å². The van der Waals surface area contributed by atoms with Crippen molar-refractivity contribution in [2.75, 3.05) is 63.8 Å². The summed E-state index contributed by atoms with van der Waals surface area (Å²) in [5.74, 6) is -0.940. The molecule has 4 aromatic rings. The minimum absolute atomic E-state index is 0.0521. The largest absolute Gasteiger partial charge is 0.491 e. The Balaban J connectivity index is 1.52. The lowest BCUT2D eigenvalue weighted by molar-refractivity contribution is -0.115. The van der Waals surface area contributed by atoms with Gasteiger partial charge in [0, 0.05) is 44.1 Å². The highest BCUT2D eigenvalue weighted by molar-refractivity contribution is 5.96. The van der Waals surface area contributed by atoms with Gasteiger partial charge in [0.1, 0.15) is 36.9 Å². The predicted molar refractivity (Wildman–Crippen MR) is 152 cm³/mol. The molecule has 1 amide bonds. The molecule has 14 heteroatoms. The van der Waals surface area contributed by atoms with Crippen LogP contribution in [0.3, 0.4) is 0 Å². The van der Waals surface area contributed by atoms with Crippen molar-refractivity contribution in [2.45, 2.75) is 13.3 Å². The van der Waals surface area contributed by atoms with Gasteiger partial charge in [-0.05, 0) is 18.7 Å². The molecule has 2 aromatic heterocycles. The van der Waals surface area contributed by atoms with Gasteiger partial charge >= 0.3 is 0 Å². The number of aromatic nitrogens is 4. The standard InChI is InChI=1S/C28H33F2N7O5/c1-3-37(7-9-38)8-10-42-23-16-19(41-12-11-40-2)15-22-26(23)28(32-17-31-22)34-24-13-18(35-36-24)14-25(39)33-21-6-4-5-20(29)27(21)30/h4-6,13,15-17,38H,3,7-12,14H2,1-2H3,(H,33,39)(H2,31,32,34,35,36). The van der Waals surface area contributed by atoms with E-state index in [2.05, 4.69) is 35.7 Å². The first-order valence-corrected chi connectivity index (χ1v) is 13.3. The fraction of sp³-hybridized carbons (Fsp3) is 0.357. The molecular formula is C28H33F2N7O5. The number of aliphatic hydroxyl groups excluding tert-OH is 1. The number of likely N-dealkylation sites (N-methyl/N-ethyl adjacent to an activating group) is 1. The Hall–Kier alpha value is -4.40. The molecule has 0 aliphatic carbocycles. The molecule has 0 spiro atoms. The van der Waals surface area contributed by atoms with E-state index >= 15 is 0 Å². The second-order valence-electron chi connectivity index (χ2n) is 9.12. The number of halogens is 2. The van der Waals surface area contributed by atoms with Crippen LogP contribution < -0.4 is 20.1 Å². The SMILES string of the molecule is CCN(CCO)CCOc1cc(OCCOC)cc2ncnc(Nc3cc(CC(=O)Nc4cccc(F)c4F)[nH]n3)c12. The summed E-state index contributed by atoms with van der Waals surface area (Å²) in [7, 11) is 1.59. The summed E-state index contributed by atoms with van der Waals surface area (Å²) in [5.41, 5.74) is 0.744. The van der Waals surface area contributed by atoms with Gasteiger partial charge in [0.15, 0.2) is 17.5 Å². The van der Waals surface area contributed by atoms with Crippen LogP contribution in [-0.4, -0.2) is 89.3 Å². The average Bonchev–Trinajstić information content (AvgIpc) is 3.41. The van der Waals surface area contributed by atoms with Crippen LogP contribution in [0.5, 0.6) is 11.5 Å². The number of aromatic amines is 1. The number of H-pyrrole nitrogens is 1. The van der Waals surface area contributed by atoms with E-state index in [-0.39, 0.29) is 18.7 Å². The second-order valence-corrected chi connectivity index (χ2v) is 9.12. The van der Waals surface area contributed by atoms with Crippen LogP contribution in [0.2, 0.25) is 0 Å². The van der Waals surface area contributed by atoms with E-state index in [4.69, 9.17) is 14.2 Å². The van der Waals surface area contributed by atoms with Crippen molar-refractivity contribution in [3.63, 3.8) is 0 Å². The fourth-order valence-corrected chi connectivity index (χ4v) is 4.12. The maximum Gasteiger partial charge on any atom is 0.230 e. The Morgan fingerprint density at radius 2 is 1.95 bits per heavy atom. The summed E-state index contributed by atoms with van der Waals surface area (Å²) in [4.78, 5) is 23.3. The maximum absolute atomic E-state index is 13.9. The van der Waals surface area contributed by atoms with Crippen LogP contribution in [0.4, 0.5) is 26.1 Å². The monoisotopic (exact) mass is 585 g/mol. The number of hydrogen-bond acceptors (Lipinski definition) is 10. The fourth-order valence-electron chi connectivity index (χ4n) is 4.12. The van der Waals surface area contributed by atoms with E-state index in [1.54, 1.807) is 25.3 Å². The number of hydrogen-bond donors (Lipinski definition) is 4. The maximum atomic E-state index is 13.9. The number of amides is 1. The second kappa shape index (κ2) is 15.0. The molecule has 2 aromatic carbocycles. The normalized spacial score (nSPS) is 11.2. The summed E-state index contributed by atoms with van der Waals surface area (Å²) >= 11 is 0. The van der Waals surface area contributed by atoms with E-state index in [9.17, 15) is 18.7 Å². The minimum atomic E-state index is -1.13. The summed E-state index contributed by atoms with van der Waals surface area (Å²) in [5, 5.41) is 22.3. The van der Waals surface area contributed by atoms with Gasteiger partial charge in [-0.1, -0.05) is 13.0 Å². The zero-order valence-electron chi connectivity index (χ0n) is 23.3. The first kappa shape index (κ1) is 30.6. The smallest absolute Gasteiger partial charge is 0.230 e. The third-order valence-corrected chi connectivity index (χ3v) is 6.21. The van der Waals surface area contributed by atoms with E-state index < -0.39 is 17.5 Å². The Bertz CT molecular complexity index is 1490. The molecule has 224 valence electrons. The zero-order valence-corrected chi connectivity index (χ0v) is 23.3. The molecule has 0 bridgehead atoms. The van der Waals surface area contributed by atoms with Gasteiger partial charge in [-0.3, -0.25) is 14.8 Å². The van der Waals surface area contributed by atoms with Crippen molar-refractivity contribution >= 4 is 34.1 Å². The predicted octanol–water partition coefficient (Wildman–Crippen LogP) is 3.27. The first-order valence-electron chi connectivity index (χ1n) is 13.3. The van der Waals surface area contributed by atoms with Crippen molar-refractivity contribution < 1.29 is 32.9 Å². The molecule has 0 atom stereocenters. The number of carbonyl (C=O) groups is 1. The van der Waals surface area contributed by atoms with Crippen molar-refractivity contribution in [3.8, 4) is 11.5 Å². The number of nitrogens with one attached hydrogen (secondary N) is 3. The third-order valence-electron chi connectivity index (χ3n) is 6.21. The van der Waals surface area contributed by atoms with Crippen molar-refractivity contribution in [1.82, 2.24) is 25.1 Å². The van der Waals surface area contributed by atoms with Gasteiger partial charge in [0.05, 0.1) is 36.2 Å². The molecule has 0 unspecified atom stereocenters. The quantitative estimate of drug-likeness (QED) is 0.145. The lowest BCUT2D eigenvalue weighted by atomic mass is 10.2. The van der Waals surface area contributed by atoms with Crippen LogP contribution >= 0.6 is 0 Å². The van der Waals surface area contributed by atoms with Gasteiger partial charge in [0.2, 0.25) is 5.91 Å². The lowest BCUT2D eigenvalue weighted by Crippen LogP contribution is -2.30. The van der Waals surface area contributed by atoms with Crippen LogP contribution in [0.25, 0.3) is 10.9 Å². The van der Waals surface area contributed by atoms with Crippen LogP contribution in [-0.2, 0) is 16.0 Å². The van der Waals surface area contributed by atoms with E-state index in [0.29, 0.717) is 72.6 Å². The molecule has 0 aliphatic heterocycles. The highest BCUT2D eigenvalue weighted by atomic mass is 19.2. The van der Waals surface area contributed by atoms with Crippen molar-refractivity contribution in [2.24, 2.45) is 0 Å². The van der Waals surface area contributed by atoms with Gasteiger partial charge < -0.3 is 30.0 Å². The number of anilines is 3. The molecule has 0 fully saturated rings. The minimum Gasteiger partial charge on any atom is -0.491 e. The summed E-state index contributed by atoms with van der Waals surface area (Å²) in [6.45, 7) is 5.04. The molecule has 4 rings (SSSR count). The molecular weight excluding hydrogens is 552 g/mol. The number of methoxy groups -OCH3 is 1. The summed E-state index contributed by atoms with van der Waals surface area (Å²) in [6.07, 6.45) is 1.23. The van der Waals surface area contributed by atoms with Gasteiger partial charge in [-0.2, -0.15) is 5.10 Å². The van der Waals surface area contributed by atoms with Crippen molar-refractivity contribution in [1.29, 1.82) is 0 Å². The molecule has 0 saturated carbocycles. The topological polar surface area (TPSA) is 147 Å². The van der Waals surface area contributed by atoms with Gasteiger partial charge in [0.25, 0.3) is 0 Å². The summed E-state index contributed by atoms with van der Waals surface area (Å²) in [6, 6.07) is 8.67. The lowest BCUT2D eigenvalue weighted by Gasteiger charge is -2.20. The van der Waals surface area contributed by atoms with Crippen LogP contribution in [0, 0.1) is 11.6 Å². The van der Waals surface area contributed by atoms with Crippen LogP contribution in [0.15, 0.2) is 42.7 Å². The average molecular weight is 586 g/mol. The molecule has 0 aliphatic rings. The molecule has 42 heavy (non-hydrogen) atoms. The number of aliphatic hydroxyl groups is 1. The van der Waals surface area contributed by atoms with Gasteiger partial charge in [-0.15, -0.1) is 0 Å². The Labute approximate surface area is 241 Å². The number of fused-ring (bicyclic) bond motifs is 1. The molecule has 0 saturated heterocycles. The Kier molecular flexibility index (Phi) is 10.9.